The molecule has 2 heterocycles. The molecule has 11 heteroatoms. The zero-order valence-corrected chi connectivity index (χ0v) is 14.5. The number of nitrogens with zero attached hydrogens (tertiary/aromatic N) is 1. The molecule has 0 radical (unpaired) electrons. The molecular weight excluding hydrogens is 394 g/mol. The number of benzene rings is 1. The first-order valence-electron chi connectivity index (χ1n) is 7.56. The molecule has 0 atom stereocenters. The van der Waals surface area contributed by atoms with Gasteiger partial charge in [0.05, 0.1) is 15.9 Å². The molecule has 3 rings (SSSR count). The number of hydrogen-bond donors (Lipinski definition) is 2. The average molecular weight is 403 g/mol. The quantitative estimate of drug-likeness (QED) is 0.481. The minimum atomic E-state index is -1.41. The molecule has 2 N–H and O–H groups in total. The van der Waals surface area contributed by atoms with Crippen LogP contribution in [0.5, 0.6) is 0 Å². The Labute approximate surface area is 159 Å². The number of rotatable bonds is 5. The standard InChI is InChI=1S/C17H10ClN3O7/c18-11-7-8(1-4-10(11)16(23)24)13-6-3-9(28-13)2-5-12-14(21(26)27)15(22)20-17(25)19-12/h1-7H,(H,23,24)(H2,19,20,22,25)/p-1/b5-2+. The van der Waals surface area contributed by atoms with Crippen molar-refractivity contribution in [3.63, 3.8) is 0 Å². The number of aromatic amines is 2. The van der Waals surface area contributed by atoms with Gasteiger partial charge in [0.25, 0.3) is 0 Å². The maximum Gasteiger partial charge on any atom is 0.357 e. The van der Waals surface area contributed by atoms with Gasteiger partial charge in [-0.15, -0.1) is 0 Å². The second-order valence-electron chi connectivity index (χ2n) is 5.45. The van der Waals surface area contributed by atoms with Gasteiger partial charge in [-0.25, -0.2) is 4.79 Å². The number of nitro groups is 1. The first kappa shape index (κ1) is 18.9. The molecule has 0 aliphatic carbocycles. The van der Waals surface area contributed by atoms with Crippen LogP contribution >= 0.6 is 11.6 Å². The van der Waals surface area contributed by atoms with Crippen LogP contribution in [0.25, 0.3) is 23.5 Å². The van der Waals surface area contributed by atoms with E-state index in [1.165, 1.54) is 30.3 Å². The normalized spacial score (nSPS) is 11.0. The number of carbonyl (C=O) groups excluding carboxylic acids is 1. The van der Waals surface area contributed by atoms with Gasteiger partial charge >= 0.3 is 16.9 Å². The van der Waals surface area contributed by atoms with Crippen LogP contribution in [0.1, 0.15) is 21.8 Å². The predicted molar refractivity (Wildman–Crippen MR) is 96.8 cm³/mol. The number of carbonyl (C=O) groups is 1. The third-order valence-electron chi connectivity index (χ3n) is 3.64. The highest BCUT2D eigenvalue weighted by molar-refractivity contribution is 6.33. The third kappa shape index (κ3) is 3.76. The van der Waals surface area contributed by atoms with Crippen LogP contribution in [0, 0.1) is 10.1 Å². The van der Waals surface area contributed by atoms with E-state index in [0.717, 1.165) is 6.08 Å². The number of furan rings is 1. The predicted octanol–water partition coefficient (Wildman–Crippen LogP) is 1.42. The zero-order chi connectivity index (χ0) is 20.4. The number of carboxylic acids is 1. The lowest BCUT2D eigenvalue weighted by Crippen LogP contribution is -2.25. The van der Waals surface area contributed by atoms with Gasteiger partial charge in [-0.1, -0.05) is 23.7 Å². The molecule has 0 fully saturated rings. The summed E-state index contributed by atoms with van der Waals surface area (Å²) in [5, 5.41) is 21.9. The van der Waals surface area contributed by atoms with Crippen LogP contribution in [0.3, 0.4) is 0 Å². The fourth-order valence-electron chi connectivity index (χ4n) is 2.40. The maximum atomic E-state index is 11.6. The Bertz CT molecular complexity index is 1240. The summed E-state index contributed by atoms with van der Waals surface area (Å²) in [6.07, 6.45) is 2.47. The van der Waals surface area contributed by atoms with Gasteiger partial charge in [0.2, 0.25) is 0 Å². The first-order chi connectivity index (χ1) is 13.3. The Hall–Kier alpha value is -3.92. The molecule has 0 saturated carbocycles. The molecule has 1 aromatic carbocycles. The van der Waals surface area contributed by atoms with Crippen molar-refractivity contribution in [2.75, 3.05) is 0 Å². The summed E-state index contributed by atoms with van der Waals surface area (Å²) in [4.78, 5) is 47.9. The summed E-state index contributed by atoms with van der Waals surface area (Å²) in [5.41, 5.74) is -2.80. The molecule has 0 unspecified atom stereocenters. The molecular formula is C17H9ClN3O7-. The summed E-state index contributed by atoms with van der Waals surface area (Å²) in [6.45, 7) is 0. The third-order valence-corrected chi connectivity index (χ3v) is 3.96. The molecule has 142 valence electrons. The van der Waals surface area contributed by atoms with Gasteiger partial charge in [-0.05, 0) is 30.4 Å². The lowest BCUT2D eigenvalue weighted by Gasteiger charge is -2.06. The molecule has 2 aromatic heterocycles. The number of aromatic nitrogens is 2. The number of carboxylic acid groups (broad SMARTS) is 1. The van der Waals surface area contributed by atoms with Crippen molar-refractivity contribution in [3.8, 4) is 11.3 Å². The molecule has 0 saturated heterocycles. The van der Waals surface area contributed by atoms with Crippen LogP contribution in [-0.2, 0) is 0 Å². The zero-order valence-electron chi connectivity index (χ0n) is 13.7. The van der Waals surface area contributed by atoms with E-state index in [4.69, 9.17) is 16.0 Å². The number of aromatic carboxylic acids is 1. The summed E-state index contributed by atoms with van der Waals surface area (Å²) in [6, 6.07) is 7.23. The van der Waals surface area contributed by atoms with E-state index in [0.29, 0.717) is 11.3 Å². The largest absolute Gasteiger partial charge is 0.545 e. The fraction of sp³-hybridized carbons (Fsp3) is 0. The Morgan fingerprint density at radius 3 is 2.54 bits per heavy atom. The SMILES string of the molecule is O=C([O-])c1ccc(-c2ccc(/C=C/c3[nH]c(=O)[nH]c(=O)c3[N+](=O)[O-])o2)cc1Cl. The van der Waals surface area contributed by atoms with Crippen molar-refractivity contribution in [1.82, 2.24) is 9.97 Å². The second kappa shape index (κ2) is 7.37. The van der Waals surface area contributed by atoms with E-state index >= 15 is 0 Å². The van der Waals surface area contributed by atoms with Crippen LogP contribution in [0.4, 0.5) is 5.69 Å². The summed E-state index contributed by atoms with van der Waals surface area (Å²) in [5.74, 6) is -0.807. The summed E-state index contributed by atoms with van der Waals surface area (Å²) in [7, 11) is 0. The number of nitrogens with one attached hydrogen (secondary N) is 2. The number of hydrogen-bond acceptors (Lipinski definition) is 7. The first-order valence-corrected chi connectivity index (χ1v) is 7.94. The molecule has 0 aliphatic rings. The van der Waals surface area contributed by atoms with Gasteiger partial charge in [0.1, 0.15) is 17.2 Å². The lowest BCUT2D eigenvalue weighted by atomic mass is 10.1. The van der Waals surface area contributed by atoms with Crippen molar-refractivity contribution in [2.45, 2.75) is 0 Å². The highest BCUT2D eigenvalue weighted by Crippen LogP contribution is 2.27. The van der Waals surface area contributed by atoms with Gasteiger partial charge in [-0.2, -0.15) is 0 Å². The minimum Gasteiger partial charge on any atom is -0.545 e. The van der Waals surface area contributed by atoms with Crippen LogP contribution < -0.4 is 16.4 Å². The minimum absolute atomic E-state index is 0.0253. The molecule has 10 nitrogen and oxygen atoms in total. The Morgan fingerprint density at radius 2 is 1.89 bits per heavy atom. The van der Waals surface area contributed by atoms with E-state index in [1.54, 1.807) is 11.1 Å². The van der Waals surface area contributed by atoms with E-state index in [-0.39, 0.29) is 22.0 Å². The molecule has 0 bridgehead atoms. The van der Waals surface area contributed by atoms with Crippen molar-refractivity contribution in [2.24, 2.45) is 0 Å². The van der Waals surface area contributed by atoms with E-state index in [1.807, 2.05) is 0 Å². The number of H-pyrrole nitrogens is 2. The topological polar surface area (TPSA) is 162 Å². The second-order valence-corrected chi connectivity index (χ2v) is 5.85. The monoisotopic (exact) mass is 402 g/mol. The molecule has 0 aliphatic heterocycles. The molecule has 3 aromatic rings. The fourth-order valence-corrected chi connectivity index (χ4v) is 2.65. The van der Waals surface area contributed by atoms with Gasteiger partial charge in [0.15, 0.2) is 0 Å². The van der Waals surface area contributed by atoms with E-state index in [9.17, 15) is 29.6 Å². The molecule has 0 amide bonds. The van der Waals surface area contributed by atoms with Gasteiger partial charge in [-0.3, -0.25) is 19.9 Å². The Kier molecular flexibility index (Phi) is 4.96. The lowest BCUT2D eigenvalue weighted by molar-refractivity contribution is -0.386. The number of halogens is 1. The van der Waals surface area contributed by atoms with Crippen LogP contribution in [0.2, 0.25) is 5.02 Å². The highest BCUT2D eigenvalue weighted by Gasteiger charge is 2.19. The molecule has 28 heavy (non-hydrogen) atoms. The molecule has 0 spiro atoms. The van der Waals surface area contributed by atoms with Gasteiger partial charge < -0.3 is 19.3 Å². The Morgan fingerprint density at radius 1 is 1.14 bits per heavy atom. The highest BCUT2D eigenvalue weighted by atomic mass is 35.5. The van der Waals surface area contributed by atoms with Crippen molar-refractivity contribution < 1.29 is 19.2 Å². The van der Waals surface area contributed by atoms with E-state index in [2.05, 4.69) is 4.98 Å². The van der Waals surface area contributed by atoms with Crippen molar-refractivity contribution >= 4 is 35.4 Å². The summed E-state index contributed by atoms with van der Waals surface area (Å²) >= 11 is 5.89. The van der Waals surface area contributed by atoms with Crippen LogP contribution in [0.15, 0.2) is 44.3 Å². The maximum absolute atomic E-state index is 11.6. The van der Waals surface area contributed by atoms with Crippen LogP contribution in [-0.4, -0.2) is 20.9 Å². The smallest absolute Gasteiger partial charge is 0.357 e. The van der Waals surface area contributed by atoms with Crippen molar-refractivity contribution in [1.29, 1.82) is 0 Å². The van der Waals surface area contributed by atoms with Crippen molar-refractivity contribution in [3.05, 3.63) is 83.3 Å². The summed E-state index contributed by atoms with van der Waals surface area (Å²) < 4.78 is 5.55. The van der Waals surface area contributed by atoms with Gasteiger partial charge in [0, 0.05) is 11.1 Å². The Balaban J connectivity index is 1.93. The van der Waals surface area contributed by atoms with E-state index < -0.39 is 27.8 Å². The average Bonchev–Trinajstić information content (AvgIpc) is 3.07.